The predicted octanol–water partition coefficient (Wildman–Crippen LogP) is 5.88. The predicted molar refractivity (Wildman–Crippen MR) is 149 cm³/mol. The van der Waals surface area contributed by atoms with Crippen LogP contribution < -0.4 is 15.0 Å². The number of hydrogen-bond acceptors (Lipinski definition) is 6. The zero-order chi connectivity index (χ0) is 25.3. The third-order valence-corrected chi connectivity index (χ3v) is 6.87. The number of aromatic nitrogens is 1. The highest BCUT2D eigenvalue weighted by Crippen LogP contribution is 2.23. The molecule has 1 fully saturated rings. The minimum absolute atomic E-state index is 0.555. The van der Waals surface area contributed by atoms with Gasteiger partial charge in [-0.05, 0) is 67.5 Å². The number of rotatable bonds is 11. The average Bonchev–Trinajstić information content (AvgIpc) is 3.42. The molecule has 1 N–H and O–H groups in total. The molecule has 4 aromatic rings. The molecule has 0 atom stereocenters. The van der Waals surface area contributed by atoms with Crippen LogP contribution in [0.3, 0.4) is 0 Å². The van der Waals surface area contributed by atoms with E-state index >= 15 is 0 Å². The molecule has 0 spiro atoms. The van der Waals surface area contributed by atoms with Gasteiger partial charge in [-0.25, -0.2) is 0 Å². The summed E-state index contributed by atoms with van der Waals surface area (Å²) in [5, 5.41) is 8.52. The van der Waals surface area contributed by atoms with Crippen LogP contribution in [0, 0.1) is 0 Å². The Balaban J connectivity index is 0.989. The molecule has 37 heavy (non-hydrogen) atoms. The number of nitrogens with one attached hydrogen (secondary N) is 1. The van der Waals surface area contributed by atoms with Gasteiger partial charge in [-0.15, -0.1) is 0 Å². The molecule has 0 saturated carbocycles. The van der Waals surface area contributed by atoms with E-state index in [9.17, 15) is 0 Å². The van der Waals surface area contributed by atoms with Crippen molar-refractivity contribution in [2.75, 3.05) is 44.2 Å². The molecule has 1 saturated heterocycles. The number of benzene rings is 3. The van der Waals surface area contributed by atoms with Gasteiger partial charge in [0.1, 0.15) is 18.1 Å². The zero-order valence-corrected chi connectivity index (χ0v) is 21.7. The Morgan fingerprint density at radius 2 is 1.70 bits per heavy atom. The maximum absolute atomic E-state index is 6.14. The quantitative estimate of drug-likeness (QED) is 0.251. The highest BCUT2D eigenvalue weighted by atomic mass is 35.5. The van der Waals surface area contributed by atoms with Gasteiger partial charge in [-0.1, -0.05) is 53.2 Å². The smallest absolute Gasteiger partial charge is 0.151 e. The Morgan fingerprint density at radius 1 is 0.892 bits per heavy atom. The van der Waals surface area contributed by atoms with E-state index in [1.807, 2.05) is 66.7 Å². The topological polar surface area (TPSA) is 53.8 Å². The van der Waals surface area contributed by atoms with E-state index in [0.717, 1.165) is 79.0 Å². The van der Waals surface area contributed by atoms with E-state index in [1.54, 1.807) is 0 Å². The number of nitrogens with zero attached hydrogens (tertiary/aromatic N) is 3. The summed E-state index contributed by atoms with van der Waals surface area (Å²) in [5.41, 5.74) is 4.21. The Labute approximate surface area is 223 Å². The number of ether oxygens (including phenoxy) is 1. The maximum Gasteiger partial charge on any atom is 0.151 e. The Bertz CT molecular complexity index is 1240. The number of anilines is 1. The normalized spacial score (nSPS) is 14.1. The molecular weight excluding hydrogens is 484 g/mol. The molecule has 5 rings (SSSR count). The van der Waals surface area contributed by atoms with E-state index in [-0.39, 0.29) is 0 Å². The van der Waals surface area contributed by atoms with Crippen LogP contribution >= 0.6 is 11.6 Å². The van der Waals surface area contributed by atoms with E-state index in [4.69, 9.17) is 20.9 Å². The second kappa shape index (κ2) is 12.8. The molecule has 3 aromatic carbocycles. The van der Waals surface area contributed by atoms with Gasteiger partial charge in [0.05, 0.1) is 6.54 Å². The second-order valence-corrected chi connectivity index (χ2v) is 9.75. The van der Waals surface area contributed by atoms with Gasteiger partial charge >= 0.3 is 0 Å². The van der Waals surface area contributed by atoms with Gasteiger partial charge in [0.15, 0.2) is 5.76 Å². The summed E-state index contributed by atoms with van der Waals surface area (Å²) in [6.07, 6.45) is 1.10. The second-order valence-electron chi connectivity index (χ2n) is 9.32. The molecule has 7 heteroatoms. The molecular formula is C30H33ClN4O2. The van der Waals surface area contributed by atoms with Crippen molar-refractivity contribution in [1.29, 1.82) is 0 Å². The first-order chi connectivity index (χ1) is 18.2. The number of piperazine rings is 1. The molecule has 1 aliphatic heterocycles. The maximum atomic E-state index is 6.14. The van der Waals surface area contributed by atoms with Crippen LogP contribution in [0.2, 0.25) is 5.02 Å². The van der Waals surface area contributed by atoms with Gasteiger partial charge in [-0.2, -0.15) is 0 Å². The molecule has 0 radical (unpaired) electrons. The summed E-state index contributed by atoms with van der Waals surface area (Å²) in [6.45, 7) is 7.49. The van der Waals surface area contributed by atoms with Crippen molar-refractivity contribution in [2.45, 2.75) is 19.6 Å². The molecule has 1 aromatic heterocycles. The van der Waals surface area contributed by atoms with Crippen molar-refractivity contribution in [1.82, 2.24) is 15.4 Å². The van der Waals surface area contributed by atoms with Crippen LogP contribution in [0.4, 0.5) is 5.69 Å². The summed E-state index contributed by atoms with van der Waals surface area (Å²) < 4.78 is 11.4. The first kappa shape index (κ1) is 25.3. The first-order valence-electron chi connectivity index (χ1n) is 12.9. The van der Waals surface area contributed by atoms with E-state index < -0.39 is 0 Å². The fourth-order valence-electron chi connectivity index (χ4n) is 4.54. The van der Waals surface area contributed by atoms with Gasteiger partial charge in [0, 0.05) is 48.5 Å². The lowest BCUT2D eigenvalue weighted by atomic mass is 10.1. The summed E-state index contributed by atoms with van der Waals surface area (Å²) in [7, 11) is 0. The molecule has 1 aliphatic rings. The van der Waals surface area contributed by atoms with Crippen LogP contribution in [-0.2, 0) is 13.2 Å². The largest absolute Gasteiger partial charge is 0.489 e. The van der Waals surface area contributed by atoms with E-state index in [0.29, 0.717) is 13.2 Å². The van der Waals surface area contributed by atoms with Crippen molar-refractivity contribution < 1.29 is 9.26 Å². The molecule has 0 bridgehead atoms. The van der Waals surface area contributed by atoms with Crippen molar-refractivity contribution in [3.8, 4) is 17.0 Å². The summed E-state index contributed by atoms with van der Waals surface area (Å²) >= 11 is 6.14. The van der Waals surface area contributed by atoms with E-state index in [2.05, 4.69) is 38.5 Å². The monoisotopic (exact) mass is 516 g/mol. The molecule has 6 nitrogen and oxygen atoms in total. The van der Waals surface area contributed by atoms with Crippen molar-refractivity contribution in [3.63, 3.8) is 0 Å². The number of halogens is 1. The lowest BCUT2D eigenvalue weighted by Crippen LogP contribution is -2.47. The zero-order valence-electron chi connectivity index (χ0n) is 21.0. The summed E-state index contributed by atoms with van der Waals surface area (Å²) in [5.74, 6) is 1.68. The Hall–Kier alpha value is -3.32. The minimum atomic E-state index is 0.555. The van der Waals surface area contributed by atoms with Gasteiger partial charge < -0.3 is 19.5 Å². The molecule has 0 aliphatic carbocycles. The van der Waals surface area contributed by atoms with Crippen LogP contribution in [0.15, 0.2) is 89.5 Å². The lowest BCUT2D eigenvalue weighted by molar-refractivity contribution is 0.253. The average molecular weight is 517 g/mol. The standard InChI is InChI=1S/C30H33ClN4O2/c31-26-8-4-9-27(20-26)35-18-16-34(17-19-35)15-5-14-32-22-29-21-30(33-37-29)25-10-12-28(13-11-25)36-23-24-6-2-1-3-7-24/h1-4,6-13,20-21,32H,5,14-19,22-23H2. The van der Waals surface area contributed by atoms with E-state index in [1.165, 1.54) is 5.69 Å². The highest BCUT2D eigenvalue weighted by Gasteiger charge is 2.17. The molecule has 0 unspecified atom stereocenters. The Kier molecular flexibility index (Phi) is 8.74. The number of hydrogen-bond donors (Lipinski definition) is 1. The fraction of sp³-hybridized carbons (Fsp3) is 0.300. The van der Waals surface area contributed by atoms with Crippen LogP contribution in [-0.4, -0.2) is 49.3 Å². The summed E-state index contributed by atoms with van der Waals surface area (Å²) in [6, 6.07) is 28.3. The third-order valence-electron chi connectivity index (χ3n) is 6.63. The van der Waals surface area contributed by atoms with Crippen molar-refractivity contribution >= 4 is 17.3 Å². The van der Waals surface area contributed by atoms with Crippen molar-refractivity contribution in [3.05, 3.63) is 101 Å². The third kappa shape index (κ3) is 7.35. The fourth-order valence-corrected chi connectivity index (χ4v) is 4.72. The molecule has 192 valence electrons. The van der Waals surface area contributed by atoms with Crippen LogP contribution in [0.25, 0.3) is 11.3 Å². The first-order valence-corrected chi connectivity index (χ1v) is 13.3. The van der Waals surface area contributed by atoms with Crippen LogP contribution in [0.5, 0.6) is 5.75 Å². The highest BCUT2D eigenvalue weighted by molar-refractivity contribution is 6.30. The SMILES string of the molecule is Clc1cccc(N2CCN(CCCNCc3cc(-c4ccc(OCc5ccccc5)cc4)no3)CC2)c1. The Morgan fingerprint density at radius 3 is 2.49 bits per heavy atom. The molecule has 2 heterocycles. The lowest BCUT2D eigenvalue weighted by Gasteiger charge is -2.36. The van der Waals surface area contributed by atoms with Crippen LogP contribution in [0.1, 0.15) is 17.7 Å². The van der Waals surface area contributed by atoms with Gasteiger partial charge in [0.25, 0.3) is 0 Å². The molecule has 0 amide bonds. The van der Waals surface area contributed by atoms with Crippen molar-refractivity contribution in [2.24, 2.45) is 0 Å². The summed E-state index contributed by atoms with van der Waals surface area (Å²) in [4.78, 5) is 4.94. The van der Waals surface area contributed by atoms with Gasteiger partial charge in [-0.3, -0.25) is 4.90 Å². The van der Waals surface area contributed by atoms with Gasteiger partial charge in [0.2, 0.25) is 0 Å². The minimum Gasteiger partial charge on any atom is -0.489 e.